The van der Waals surface area contributed by atoms with E-state index in [0.717, 1.165) is 0 Å². The van der Waals surface area contributed by atoms with E-state index in [4.69, 9.17) is 9.47 Å². The molecule has 1 rings (SSSR count). The molecule has 0 saturated heterocycles. The van der Waals surface area contributed by atoms with Crippen LogP contribution in [0.2, 0.25) is 0 Å². The van der Waals surface area contributed by atoms with Crippen LogP contribution in [0.1, 0.15) is 66.5 Å². The number of carbonyl (C=O) groups excluding carboxylic acids is 2. The number of benzene rings is 1. The minimum atomic E-state index is -3.78. The molecule has 1 aromatic rings. The lowest BCUT2D eigenvalue weighted by atomic mass is 10.0. The Morgan fingerprint density at radius 2 is 1.72 bits per heavy atom. The maximum absolute atomic E-state index is 12.6. The quantitative estimate of drug-likeness (QED) is 0.645. The molecular weight excluding hydrogens is 396 g/mol. The number of sulfonamides is 1. The number of rotatable bonds is 7. The first-order valence-corrected chi connectivity index (χ1v) is 10.9. The Balaban J connectivity index is 3.21. The molecule has 0 aliphatic heterocycles. The van der Waals surface area contributed by atoms with E-state index in [1.165, 1.54) is 12.1 Å². The van der Waals surface area contributed by atoms with E-state index in [0.29, 0.717) is 5.56 Å². The van der Waals surface area contributed by atoms with Gasteiger partial charge in [0.05, 0.1) is 24.0 Å². The van der Waals surface area contributed by atoms with Crippen LogP contribution in [0, 0.1) is 0 Å². The van der Waals surface area contributed by atoms with Gasteiger partial charge >= 0.3 is 12.1 Å². The fourth-order valence-electron chi connectivity index (χ4n) is 2.45. The predicted molar refractivity (Wildman–Crippen MR) is 110 cm³/mol. The lowest BCUT2D eigenvalue weighted by Crippen LogP contribution is -2.40. The summed E-state index contributed by atoms with van der Waals surface area (Å²) in [6, 6.07) is 5.26. The Kier molecular flexibility index (Phi) is 8.23. The molecule has 0 saturated carbocycles. The predicted octanol–water partition coefficient (Wildman–Crippen LogP) is 3.28. The van der Waals surface area contributed by atoms with Gasteiger partial charge in [-0.1, -0.05) is 12.1 Å². The van der Waals surface area contributed by atoms with Crippen molar-refractivity contribution in [2.75, 3.05) is 6.61 Å². The molecule has 1 atom stereocenters. The van der Waals surface area contributed by atoms with Gasteiger partial charge in [0.15, 0.2) is 0 Å². The fourth-order valence-corrected chi connectivity index (χ4v) is 3.92. The molecule has 0 heterocycles. The molecule has 0 fully saturated rings. The number of hydrogen-bond acceptors (Lipinski definition) is 6. The molecule has 8 nitrogen and oxygen atoms in total. The van der Waals surface area contributed by atoms with Crippen molar-refractivity contribution in [3.63, 3.8) is 0 Å². The first-order valence-electron chi connectivity index (χ1n) is 9.42. The van der Waals surface area contributed by atoms with Crippen LogP contribution in [-0.4, -0.2) is 38.2 Å². The molecule has 0 radical (unpaired) electrons. The van der Waals surface area contributed by atoms with Crippen molar-refractivity contribution in [1.82, 2.24) is 10.0 Å². The molecule has 2 N–H and O–H groups in total. The molecular formula is C20H32N2O6S. The lowest BCUT2D eigenvalue weighted by Gasteiger charge is -2.24. The fraction of sp³-hybridized carbons (Fsp3) is 0.600. The number of alkyl carbamates (subject to hydrolysis) is 1. The molecule has 0 unspecified atom stereocenters. The lowest BCUT2D eigenvalue weighted by molar-refractivity contribution is -0.143. The van der Waals surface area contributed by atoms with Crippen LogP contribution in [0.5, 0.6) is 0 Å². The van der Waals surface area contributed by atoms with E-state index >= 15 is 0 Å². The molecule has 1 amide bonds. The second kappa shape index (κ2) is 9.58. The van der Waals surface area contributed by atoms with Crippen LogP contribution in [0.3, 0.4) is 0 Å². The van der Waals surface area contributed by atoms with E-state index in [1.54, 1.807) is 60.6 Å². The number of nitrogens with one attached hydrogen (secondary N) is 2. The highest BCUT2D eigenvalue weighted by atomic mass is 32.2. The monoisotopic (exact) mass is 428 g/mol. The number of hydrogen-bond donors (Lipinski definition) is 2. The maximum atomic E-state index is 12.6. The summed E-state index contributed by atoms with van der Waals surface area (Å²) in [5.41, 5.74) is -0.936. The standard InChI is InChI=1S/C20H32N2O6S/c1-8-27-17(23)13-16(21-18(24)28-20(5,6)7)14-10-9-11-15(12-14)29(25,26)22-19(2,3)4/h9-12,16,22H,8,13H2,1-7H3,(H,21,24)/t16-/m0/s1. The van der Waals surface area contributed by atoms with Crippen LogP contribution in [0.4, 0.5) is 4.79 Å². The molecule has 0 spiro atoms. The number of carbonyl (C=O) groups is 2. The normalized spacial score (nSPS) is 13.5. The SMILES string of the molecule is CCOC(=O)C[C@H](NC(=O)OC(C)(C)C)c1cccc(S(=O)(=O)NC(C)(C)C)c1. The summed E-state index contributed by atoms with van der Waals surface area (Å²) in [5, 5.41) is 2.63. The van der Waals surface area contributed by atoms with Gasteiger partial charge in [-0.25, -0.2) is 17.9 Å². The van der Waals surface area contributed by atoms with Crippen molar-refractivity contribution in [1.29, 1.82) is 0 Å². The van der Waals surface area contributed by atoms with E-state index in [1.807, 2.05) is 0 Å². The van der Waals surface area contributed by atoms with Crippen LogP contribution in [-0.2, 0) is 24.3 Å². The largest absolute Gasteiger partial charge is 0.466 e. The van der Waals surface area contributed by atoms with Crippen LogP contribution in [0.15, 0.2) is 29.2 Å². The summed E-state index contributed by atoms with van der Waals surface area (Å²) in [4.78, 5) is 24.3. The summed E-state index contributed by atoms with van der Waals surface area (Å²) in [6.07, 6.45) is -0.878. The highest BCUT2D eigenvalue weighted by molar-refractivity contribution is 7.89. The second-order valence-corrected chi connectivity index (χ2v) is 10.3. The minimum absolute atomic E-state index is 0.0322. The average molecular weight is 429 g/mol. The Bertz CT molecular complexity index is 822. The van der Waals surface area contributed by atoms with Crippen molar-refractivity contribution < 1.29 is 27.5 Å². The van der Waals surface area contributed by atoms with Crippen LogP contribution in [0.25, 0.3) is 0 Å². The van der Waals surface area contributed by atoms with Crippen molar-refractivity contribution in [3.8, 4) is 0 Å². The van der Waals surface area contributed by atoms with Gasteiger partial charge in [0.1, 0.15) is 5.60 Å². The molecule has 29 heavy (non-hydrogen) atoms. The van der Waals surface area contributed by atoms with Gasteiger partial charge < -0.3 is 14.8 Å². The van der Waals surface area contributed by atoms with Gasteiger partial charge in [-0.15, -0.1) is 0 Å². The average Bonchev–Trinajstić information content (AvgIpc) is 2.50. The third-order valence-electron chi connectivity index (χ3n) is 3.38. The summed E-state index contributed by atoms with van der Waals surface area (Å²) in [7, 11) is -3.78. The third kappa shape index (κ3) is 9.27. The molecule has 9 heteroatoms. The molecule has 0 aliphatic carbocycles. The van der Waals surface area contributed by atoms with Gasteiger partial charge in [-0.3, -0.25) is 4.79 Å². The zero-order valence-electron chi connectivity index (χ0n) is 18.2. The van der Waals surface area contributed by atoms with Crippen molar-refractivity contribution in [2.45, 2.75) is 77.0 Å². The van der Waals surface area contributed by atoms with Crippen LogP contribution < -0.4 is 10.0 Å². The Morgan fingerprint density at radius 3 is 2.24 bits per heavy atom. The van der Waals surface area contributed by atoms with Crippen molar-refractivity contribution >= 4 is 22.1 Å². The number of amides is 1. The molecule has 164 valence electrons. The van der Waals surface area contributed by atoms with E-state index < -0.39 is 39.3 Å². The Hall–Kier alpha value is -2.13. The highest BCUT2D eigenvalue weighted by Gasteiger charge is 2.26. The van der Waals surface area contributed by atoms with Gasteiger partial charge in [0.25, 0.3) is 0 Å². The van der Waals surface area contributed by atoms with Crippen molar-refractivity contribution in [2.24, 2.45) is 0 Å². The van der Waals surface area contributed by atoms with E-state index in [9.17, 15) is 18.0 Å². The summed E-state index contributed by atoms with van der Waals surface area (Å²) in [5.74, 6) is -0.519. The highest BCUT2D eigenvalue weighted by Crippen LogP contribution is 2.23. The summed E-state index contributed by atoms with van der Waals surface area (Å²) < 4.78 is 38.1. The Labute approximate surface area is 173 Å². The van der Waals surface area contributed by atoms with Gasteiger partial charge in [-0.05, 0) is 66.2 Å². The minimum Gasteiger partial charge on any atom is -0.466 e. The number of ether oxygens (including phenoxy) is 2. The Morgan fingerprint density at radius 1 is 1.10 bits per heavy atom. The van der Waals surface area contributed by atoms with E-state index in [-0.39, 0.29) is 17.9 Å². The summed E-state index contributed by atoms with van der Waals surface area (Å²) >= 11 is 0. The summed E-state index contributed by atoms with van der Waals surface area (Å²) in [6.45, 7) is 12.3. The molecule has 0 aromatic heterocycles. The molecule has 0 aliphatic rings. The first-order chi connectivity index (χ1) is 13.1. The van der Waals surface area contributed by atoms with E-state index in [2.05, 4.69) is 10.0 Å². The van der Waals surface area contributed by atoms with Gasteiger partial charge in [0.2, 0.25) is 10.0 Å². The van der Waals surface area contributed by atoms with Gasteiger partial charge in [0, 0.05) is 5.54 Å². The number of esters is 1. The van der Waals surface area contributed by atoms with Crippen LogP contribution >= 0.6 is 0 Å². The first kappa shape index (κ1) is 24.9. The maximum Gasteiger partial charge on any atom is 0.408 e. The third-order valence-corrected chi connectivity index (χ3v) is 5.13. The topological polar surface area (TPSA) is 111 Å². The van der Waals surface area contributed by atoms with Gasteiger partial charge in [-0.2, -0.15) is 0 Å². The second-order valence-electron chi connectivity index (χ2n) is 8.64. The molecule has 0 bridgehead atoms. The van der Waals surface area contributed by atoms with Crippen molar-refractivity contribution in [3.05, 3.63) is 29.8 Å². The zero-order valence-corrected chi connectivity index (χ0v) is 19.0. The molecule has 1 aromatic carbocycles. The zero-order chi connectivity index (χ0) is 22.5. The smallest absolute Gasteiger partial charge is 0.408 e.